The second-order valence-corrected chi connectivity index (χ2v) is 5.46. The van der Waals surface area contributed by atoms with Gasteiger partial charge in [0.25, 0.3) is 0 Å². The first-order valence-corrected chi connectivity index (χ1v) is 8.85. The minimum atomic E-state index is 0. The van der Waals surface area contributed by atoms with Crippen molar-refractivity contribution >= 4 is 8.58 Å². The smallest absolute Gasteiger partial charge is 0 e. The van der Waals surface area contributed by atoms with E-state index in [1.54, 1.807) is 0 Å². The van der Waals surface area contributed by atoms with E-state index >= 15 is 0 Å². The van der Waals surface area contributed by atoms with Crippen LogP contribution in [0.15, 0.2) is 66.7 Å². The Kier molecular flexibility index (Phi) is 8.96. The Morgan fingerprint density at radius 2 is 1.18 bits per heavy atom. The first kappa shape index (κ1) is 18.8. The Labute approximate surface area is 150 Å². The summed E-state index contributed by atoms with van der Waals surface area (Å²) in [5.74, 6) is 0. The molecule has 117 valence electrons. The van der Waals surface area contributed by atoms with Gasteiger partial charge in [-0.25, -0.2) is 0 Å². The molecule has 2 aromatic carbocycles. The third kappa shape index (κ3) is 5.51. The maximum Gasteiger partial charge on any atom is 0 e. The second kappa shape index (κ2) is 10.5. The van der Waals surface area contributed by atoms with Crippen LogP contribution < -0.4 is 0 Å². The molecule has 0 unspecified atom stereocenters. The van der Waals surface area contributed by atoms with Crippen LogP contribution >= 0.6 is 8.58 Å². The predicted octanol–water partition coefficient (Wildman–Crippen LogP) is 4.94. The van der Waals surface area contributed by atoms with Gasteiger partial charge >= 0.3 is 0 Å². The standard InChI is InChI=1S/C17H11N.C2H7P.Au/c1-3-8-14(9-4-1)16-12-7-13-17(18-16)15-10-5-2-6-11-15;1-3-2;/h1-8,10,12-13H;3H,1-2H3;/q-2;;. The van der Waals surface area contributed by atoms with Crippen molar-refractivity contribution in [3.63, 3.8) is 0 Å². The van der Waals surface area contributed by atoms with Crippen LogP contribution in [0, 0.1) is 12.1 Å². The molecule has 1 aromatic heterocycles. The third-order valence-corrected chi connectivity index (χ3v) is 2.72. The first-order chi connectivity index (χ1) is 10.3. The van der Waals surface area contributed by atoms with Gasteiger partial charge in [-0.3, -0.25) is 0 Å². The van der Waals surface area contributed by atoms with Gasteiger partial charge in [-0.2, -0.15) is 0 Å². The fourth-order valence-corrected chi connectivity index (χ4v) is 1.84. The van der Waals surface area contributed by atoms with Gasteiger partial charge in [-0.1, -0.05) is 18.2 Å². The van der Waals surface area contributed by atoms with Crippen molar-refractivity contribution in [2.75, 3.05) is 13.3 Å². The molecule has 1 radical (unpaired) electrons. The number of rotatable bonds is 2. The van der Waals surface area contributed by atoms with Crippen LogP contribution in [0.2, 0.25) is 0 Å². The second-order valence-electron chi connectivity index (χ2n) is 4.46. The quantitative estimate of drug-likeness (QED) is 0.283. The monoisotopic (exact) mass is 488 g/mol. The topological polar surface area (TPSA) is 12.9 Å². The van der Waals surface area contributed by atoms with Gasteiger partial charge in [0.05, 0.1) is 0 Å². The molecule has 0 amide bonds. The van der Waals surface area contributed by atoms with Gasteiger partial charge < -0.3 is 4.98 Å². The molecule has 0 bridgehead atoms. The Balaban J connectivity index is 0.000000562. The average Bonchev–Trinajstić information content (AvgIpc) is 2.57. The van der Waals surface area contributed by atoms with E-state index in [2.05, 4.69) is 30.4 Å². The molecular formula is C19H18AuNP-2. The van der Waals surface area contributed by atoms with Gasteiger partial charge in [0.1, 0.15) is 0 Å². The summed E-state index contributed by atoms with van der Waals surface area (Å²) in [7, 11) is 1.08. The zero-order valence-corrected chi connectivity index (χ0v) is 15.8. The third-order valence-electron chi connectivity index (χ3n) is 2.72. The van der Waals surface area contributed by atoms with E-state index < -0.39 is 0 Å². The number of aromatic nitrogens is 1. The van der Waals surface area contributed by atoms with E-state index in [4.69, 9.17) is 0 Å². The van der Waals surface area contributed by atoms with E-state index in [0.29, 0.717) is 0 Å². The van der Waals surface area contributed by atoms with E-state index in [1.165, 1.54) is 0 Å². The molecule has 3 heteroatoms. The molecule has 1 nitrogen and oxygen atoms in total. The predicted molar refractivity (Wildman–Crippen MR) is 92.9 cm³/mol. The molecule has 3 aromatic rings. The van der Waals surface area contributed by atoms with E-state index in [1.807, 2.05) is 66.7 Å². The van der Waals surface area contributed by atoms with Crippen LogP contribution in [0.5, 0.6) is 0 Å². The van der Waals surface area contributed by atoms with Gasteiger partial charge in [0.2, 0.25) is 0 Å². The largest absolute Gasteiger partial charge is 0.345 e. The molecule has 0 saturated heterocycles. The molecule has 0 N–H and O–H groups in total. The Morgan fingerprint density at radius 1 is 0.727 bits per heavy atom. The van der Waals surface area contributed by atoms with Crippen LogP contribution in [-0.4, -0.2) is 18.3 Å². The zero-order chi connectivity index (χ0) is 14.9. The summed E-state index contributed by atoms with van der Waals surface area (Å²) in [4.78, 5) is 4.65. The molecule has 3 rings (SSSR count). The number of pyridine rings is 1. The van der Waals surface area contributed by atoms with E-state index in [9.17, 15) is 0 Å². The summed E-state index contributed by atoms with van der Waals surface area (Å²) in [6.07, 6.45) is 0. The summed E-state index contributed by atoms with van der Waals surface area (Å²) in [6.45, 7) is 4.31. The van der Waals surface area contributed by atoms with Crippen molar-refractivity contribution in [1.82, 2.24) is 4.98 Å². The molecule has 22 heavy (non-hydrogen) atoms. The molecule has 0 saturated carbocycles. The average molecular weight is 488 g/mol. The maximum absolute atomic E-state index is 4.65. The molecular weight excluding hydrogens is 470 g/mol. The van der Waals surface area contributed by atoms with Gasteiger partial charge in [0.15, 0.2) is 0 Å². The Hall–Kier alpha value is -1.24. The molecule has 0 aliphatic carbocycles. The summed E-state index contributed by atoms with van der Waals surface area (Å²) < 4.78 is 0. The number of nitrogens with zero attached hydrogens (tertiary/aromatic N) is 1. The van der Waals surface area contributed by atoms with Gasteiger partial charge in [0, 0.05) is 22.4 Å². The summed E-state index contributed by atoms with van der Waals surface area (Å²) in [5, 5.41) is 0. The Morgan fingerprint density at radius 3 is 1.55 bits per heavy atom. The normalized spacial score (nSPS) is 9.18. The van der Waals surface area contributed by atoms with Crippen LogP contribution in [0.1, 0.15) is 0 Å². The van der Waals surface area contributed by atoms with E-state index in [-0.39, 0.29) is 22.4 Å². The summed E-state index contributed by atoms with van der Waals surface area (Å²) in [5.41, 5.74) is 3.89. The van der Waals surface area contributed by atoms with Crippen molar-refractivity contribution in [2.45, 2.75) is 0 Å². The fraction of sp³-hybridized carbons (Fsp3) is 0.105. The summed E-state index contributed by atoms with van der Waals surface area (Å²) in [6, 6.07) is 28.1. The molecule has 0 aliphatic heterocycles. The molecule has 0 fully saturated rings. The van der Waals surface area contributed by atoms with Crippen LogP contribution in [0.25, 0.3) is 22.5 Å². The molecule has 0 spiro atoms. The van der Waals surface area contributed by atoms with Crippen molar-refractivity contribution in [2.24, 2.45) is 0 Å². The Bertz CT molecular complexity index is 602. The van der Waals surface area contributed by atoms with Crippen molar-refractivity contribution < 1.29 is 22.4 Å². The van der Waals surface area contributed by atoms with Crippen molar-refractivity contribution in [3.05, 3.63) is 78.9 Å². The minimum Gasteiger partial charge on any atom is -0.345 e. The van der Waals surface area contributed by atoms with Crippen molar-refractivity contribution in [1.29, 1.82) is 0 Å². The molecule has 0 atom stereocenters. The van der Waals surface area contributed by atoms with Crippen molar-refractivity contribution in [3.8, 4) is 22.5 Å². The van der Waals surface area contributed by atoms with Gasteiger partial charge in [-0.05, 0) is 24.7 Å². The number of hydrogen-bond acceptors (Lipinski definition) is 1. The number of hydrogen-bond donors (Lipinski definition) is 0. The molecule has 0 aliphatic rings. The molecule has 1 heterocycles. The van der Waals surface area contributed by atoms with Crippen LogP contribution in [0.4, 0.5) is 0 Å². The fourth-order valence-electron chi connectivity index (χ4n) is 1.84. The minimum absolute atomic E-state index is 0. The SMILES string of the molecule is CPC.[Au].[c-]1ccccc1-c1cccc(-c2[c-]cccc2)n1. The van der Waals surface area contributed by atoms with E-state index in [0.717, 1.165) is 31.1 Å². The maximum atomic E-state index is 4.65. The first-order valence-electron chi connectivity index (χ1n) is 6.85. The number of benzene rings is 2. The zero-order valence-electron chi connectivity index (χ0n) is 12.6. The van der Waals surface area contributed by atoms with Crippen LogP contribution in [0.3, 0.4) is 0 Å². The summed E-state index contributed by atoms with van der Waals surface area (Å²) >= 11 is 0. The van der Waals surface area contributed by atoms with Crippen LogP contribution in [-0.2, 0) is 22.4 Å². The van der Waals surface area contributed by atoms with Gasteiger partial charge in [-0.15, -0.1) is 80.4 Å².